The Bertz CT molecular complexity index is 1260. The van der Waals surface area contributed by atoms with Crippen LogP contribution in [0.3, 0.4) is 0 Å². The van der Waals surface area contributed by atoms with E-state index in [9.17, 15) is 14.4 Å². The van der Waals surface area contributed by atoms with Crippen molar-refractivity contribution in [3.05, 3.63) is 12.2 Å². The normalized spacial score (nSPS) is 12.0. The van der Waals surface area contributed by atoms with E-state index in [1.807, 2.05) is 0 Å². The molecule has 1 atom stereocenters. The number of rotatable bonds is 70. The minimum absolute atomic E-state index is 0.0655. The molecular formula is C75H144O6. The fourth-order valence-corrected chi connectivity index (χ4v) is 11.7. The monoisotopic (exact) mass is 1140 g/mol. The minimum Gasteiger partial charge on any atom is -0.462 e. The van der Waals surface area contributed by atoms with Crippen molar-refractivity contribution in [2.24, 2.45) is 0 Å². The number of hydrogen-bond acceptors (Lipinski definition) is 6. The van der Waals surface area contributed by atoms with E-state index in [2.05, 4.69) is 32.9 Å². The lowest BCUT2D eigenvalue weighted by molar-refractivity contribution is -0.167. The Balaban J connectivity index is 4.15. The zero-order valence-electron chi connectivity index (χ0n) is 55.4. The van der Waals surface area contributed by atoms with Crippen LogP contribution in [0.1, 0.15) is 432 Å². The number of unbranched alkanes of at least 4 members (excludes halogenated alkanes) is 57. The molecule has 6 heteroatoms. The summed E-state index contributed by atoms with van der Waals surface area (Å²) in [5.41, 5.74) is 0. The van der Waals surface area contributed by atoms with E-state index < -0.39 is 6.10 Å². The highest BCUT2D eigenvalue weighted by atomic mass is 16.6. The van der Waals surface area contributed by atoms with Gasteiger partial charge in [-0.2, -0.15) is 0 Å². The highest BCUT2D eigenvalue weighted by Gasteiger charge is 2.20. The van der Waals surface area contributed by atoms with E-state index in [0.717, 1.165) is 64.2 Å². The van der Waals surface area contributed by atoms with Gasteiger partial charge in [0.25, 0.3) is 0 Å². The Morgan fingerprint density at radius 3 is 0.617 bits per heavy atom. The van der Waals surface area contributed by atoms with Gasteiger partial charge in [0.1, 0.15) is 13.2 Å². The maximum atomic E-state index is 13.0. The van der Waals surface area contributed by atoms with Gasteiger partial charge in [0.2, 0.25) is 0 Å². The molecule has 0 N–H and O–H groups in total. The Labute approximate surface area is 507 Å². The molecular weight excluding hydrogens is 997 g/mol. The van der Waals surface area contributed by atoms with Crippen LogP contribution in [-0.4, -0.2) is 37.2 Å². The second-order valence-corrected chi connectivity index (χ2v) is 25.6. The zero-order valence-corrected chi connectivity index (χ0v) is 55.4. The van der Waals surface area contributed by atoms with Crippen molar-refractivity contribution in [1.29, 1.82) is 0 Å². The first kappa shape index (κ1) is 79.2. The van der Waals surface area contributed by atoms with E-state index in [1.54, 1.807) is 0 Å². The molecule has 0 aromatic rings. The standard InChI is InChI=1S/C75H144O6/c1-4-7-10-13-16-19-22-25-28-30-32-33-34-35-36-37-38-39-40-41-42-44-45-47-50-53-56-59-62-65-68-74(77)80-71-72(70-79-73(76)67-64-61-58-55-52-49-27-24-21-18-15-12-9-6-3)81-75(78)69-66-63-60-57-54-51-48-46-43-31-29-26-23-20-17-14-11-8-5-2/h24,27,72H,4-23,25-26,28-71H2,1-3H3/b27-24-. The molecule has 0 saturated carbocycles. The molecule has 0 aliphatic rings. The summed E-state index contributed by atoms with van der Waals surface area (Å²) in [7, 11) is 0. The smallest absolute Gasteiger partial charge is 0.306 e. The Hall–Kier alpha value is -1.85. The van der Waals surface area contributed by atoms with E-state index in [0.29, 0.717) is 19.3 Å². The van der Waals surface area contributed by atoms with Gasteiger partial charge in [0.15, 0.2) is 6.10 Å². The first-order chi connectivity index (χ1) is 40.0. The fourth-order valence-electron chi connectivity index (χ4n) is 11.7. The van der Waals surface area contributed by atoms with Crippen molar-refractivity contribution in [2.45, 2.75) is 438 Å². The molecule has 0 aliphatic heterocycles. The average molecular weight is 1140 g/mol. The summed E-state index contributed by atoms with van der Waals surface area (Å²) in [5, 5.41) is 0. The quantitative estimate of drug-likeness (QED) is 0.0261. The lowest BCUT2D eigenvalue weighted by Crippen LogP contribution is -2.30. The maximum Gasteiger partial charge on any atom is 0.306 e. The van der Waals surface area contributed by atoms with Crippen LogP contribution in [0, 0.1) is 0 Å². The van der Waals surface area contributed by atoms with Crippen LogP contribution in [0.5, 0.6) is 0 Å². The van der Waals surface area contributed by atoms with Gasteiger partial charge in [-0.25, -0.2) is 0 Å². The summed E-state index contributed by atoms with van der Waals surface area (Å²) in [6.45, 7) is 6.72. The Kier molecular flexibility index (Phi) is 69.0. The lowest BCUT2D eigenvalue weighted by Gasteiger charge is -2.18. The van der Waals surface area contributed by atoms with Gasteiger partial charge >= 0.3 is 17.9 Å². The third-order valence-electron chi connectivity index (χ3n) is 17.3. The Morgan fingerprint density at radius 1 is 0.235 bits per heavy atom. The summed E-state index contributed by atoms with van der Waals surface area (Å²) in [4.78, 5) is 38.4. The van der Waals surface area contributed by atoms with Crippen LogP contribution in [0.4, 0.5) is 0 Å². The summed E-state index contributed by atoms with van der Waals surface area (Å²) in [6, 6.07) is 0. The van der Waals surface area contributed by atoms with Gasteiger partial charge < -0.3 is 14.2 Å². The first-order valence-corrected chi connectivity index (χ1v) is 37.2. The van der Waals surface area contributed by atoms with Gasteiger partial charge in [0.05, 0.1) is 0 Å². The average Bonchev–Trinajstić information content (AvgIpc) is 3.47. The lowest BCUT2D eigenvalue weighted by atomic mass is 10.0. The maximum absolute atomic E-state index is 13.0. The van der Waals surface area contributed by atoms with E-state index >= 15 is 0 Å². The van der Waals surface area contributed by atoms with Gasteiger partial charge in [-0.3, -0.25) is 14.4 Å². The van der Waals surface area contributed by atoms with Crippen molar-refractivity contribution >= 4 is 17.9 Å². The predicted octanol–water partition coefficient (Wildman–Crippen LogP) is 25.6. The number of allylic oxidation sites excluding steroid dienone is 2. The summed E-state index contributed by atoms with van der Waals surface area (Å²) in [6.07, 6.45) is 85.5. The molecule has 0 aromatic carbocycles. The van der Waals surface area contributed by atoms with Crippen LogP contribution in [0.25, 0.3) is 0 Å². The number of ether oxygens (including phenoxy) is 3. The van der Waals surface area contributed by atoms with E-state index in [-0.39, 0.29) is 31.1 Å². The van der Waals surface area contributed by atoms with Gasteiger partial charge in [-0.15, -0.1) is 0 Å². The van der Waals surface area contributed by atoms with E-state index in [1.165, 1.54) is 327 Å². The third kappa shape index (κ3) is 68.8. The number of carbonyl (C=O) groups is 3. The number of hydrogen-bond donors (Lipinski definition) is 0. The van der Waals surface area contributed by atoms with Crippen LogP contribution in [-0.2, 0) is 28.6 Å². The van der Waals surface area contributed by atoms with Crippen molar-refractivity contribution in [2.75, 3.05) is 13.2 Å². The van der Waals surface area contributed by atoms with Crippen LogP contribution in [0.15, 0.2) is 12.2 Å². The molecule has 0 aromatic heterocycles. The number of carbonyl (C=O) groups excluding carboxylic acids is 3. The Morgan fingerprint density at radius 2 is 0.407 bits per heavy atom. The van der Waals surface area contributed by atoms with Gasteiger partial charge in [-0.05, 0) is 44.9 Å². The van der Waals surface area contributed by atoms with Crippen molar-refractivity contribution in [3.63, 3.8) is 0 Å². The minimum atomic E-state index is -0.770. The molecule has 0 amide bonds. The zero-order chi connectivity index (χ0) is 58.5. The summed E-state index contributed by atoms with van der Waals surface area (Å²) >= 11 is 0. The topological polar surface area (TPSA) is 78.9 Å². The molecule has 0 fully saturated rings. The molecule has 81 heavy (non-hydrogen) atoms. The van der Waals surface area contributed by atoms with Crippen LogP contribution < -0.4 is 0 Å². The number of esters is 3. The van der Waals surface area contributed by atoms with Gasteiger partial charge in [-0.1, -0.05) is 380 Å². The molecule has 0 aliphatic carbocycles. The molecule has 0 saturated heterocycles. The molecule has 0 rings (SSSR count). The fraction of sp³-hybridized carbons (Fsp3) is 0.933. The summed E-state index contributed by atoms with van der Waals surface area (Å²) < 4.78 is 17.0. The first-order valence-electron chi connectivity index (χ1n) is 37.2. The molecule has 0 heterocycles. The van der Waals surface area contributed by atoms with Crippen LogP contribution >= 0.6 is 0 Å². The summed E-state index contributed by atoms with van der Waals surface area (Å²) in [5.74, 6) is -0.838. The molecule has 0 spiro atoms. The highest BCUT2D eigenvalue weighted by Crippen LogP contribution is 2.20. The second-order valence-electron chi connectivity index (χ2n) is 25.6. The molecule has 0 radical (unpaired) electrons. The largest absolute Gasteiger partial charge is 0.462 e. The third-order valence-corrected chi connectivity index (χ3v) is 17.3. The highest BCUT2D eigenvalue weighted by molar-refractivity contribution is 5.71. The predicted molar refractivity (Wildman–Crippen MR) is 353 cm³/mol. The van der Waals surface area contributed by atoms with Crippen molar-refractivity contribution in [1.82, 2.24) is 0 Å². The molecule has 6 nitrogen and oxygen atoms in total. The SMILES string of the molecule is CCCCCCC/C=C\CCCCCCCC(=O)OCC(COC(=O)CCCCCCCCCCCCCCCCCCCCCCCCCCCCCCCC)OC(=O)CCCCCCCCCCCCCCCCCCCCC. The van der Waals surface area contributed by atoms with Crippen LogP contribution in [0.2, 0.25) is 0 Å². The second kappa shape index (κ2) is 70.6. The van der Waals surface area contributed by atoms with Crippen molar-refractivity contribution in [3.8, 4) is 0 Å². The molecule has 1 unspecified atom stereocenters. The molecule has 480 valence electrons. The van der Waals surface area contributed by atoms with Gasteiger partial charge in [0, 0.05) is 19.3 Å². The van der Waals surface area contributed by atoms with Crippen molar-refractivity contribution < 1.29 is 28.6 Å². The van der Waals surface area contributed by atoms with E-state index in [4.69, 9.17) is 14.2 Å². The molecule has 0 bridgehead atoms.